The maximum atomic E-state index is 13.1. The number of hydrogen-bond acceptors (Lipinski definition) is 16. The number of methoxy groups -OCH3 is 1. The molecule has 0 aliphatic carbocycles. The van der Waals surface area contributed by atoms with Gasteiger partial charge in [0.15, 0.2) is 5.82 Å². The number of piperidine rings is 1. The van der Waals surface area contributed by atoms with Crippen LogP contribution in [0.5, 0.6) is 5.75 Å². The Morgan fingerprint density at radius 2 is 1.46 bits per heavy atom. The van der Waals surface area contributed by atoms with E-state index in [1.54, 1.807) is 31.4 Å². The third-order valence-corrected chi connectivity index (χ3v) is 14.1. The monoisotopic (exact) mass is 1000 g/mol. The molecule has 7 rings (SSSR count). The van der Waals surface area contributed by atoms with Gasteiger partial charge >= 0.3 is 0 Å². The highest BCUT2D eigenvalue weighted by molar-refractivity contribution is 7.70. The van der Waals surface area contributed by atoms with Crippen LogP contribution in [0.4, 0.5) is 28.8 Å². The maximum absolute atomic E-state index is 13.1. The van der Waals surface area contributed by atoms with Crippen LogP contribution in [0.25, 0.3) is 0 Å². The van der Waals surface area contributed by atoms with Gasteiger partial charge in [0.1, 0.15) is 24.0 Å². The molecular weight excluding hydrogens is 939 g/mol. The van der Waals surface area contributed by atoms with Gasteiger partial charge in [-0.3, -0.25) is 24.6 Å². The van der Waals surface area contributed by atoms with E-state index in [-0.39, 0.29) is 18.2 Å². The third-order valence-electron chi connectivity index (χ3n) is 12.3. The van der Waals surface area contributed by atoms with Crippen LogP contribution in [0.1, 0.15) is 47.2 Å². The molecule has 0 saturated carbocycles. The van der Waals surface area contributed by atoms with Crippen molar-refractivity contribution in [2.75, 3.05) is 135 Å². The normalized spacial score (nSPS) is 16.4. The van der Waals surface area contributed by atoms with Gasteiger partial charge < -0.3 is 53.4 Å². The molecular formula is C50H66ClN8O10P. The second kappa shape index (κ2) is 26.3. The Kier molecular flexibility index (Phi) is 19.8. The minimum absolute atomic E-state index is 0.157. The number of ether oxygens (including phenoxy) is 6. The summed E-state index contributed by atoms with van der Waals surface area (Å²) in [6, 6.07) is 18.6. The number of aryl methyl sites for hydroxylation is 1. The lowest BCUT2D eigenvalue weighted by atomic mass is 10.00. The number of aromatic nitrogens is 2. The molecule has 3 aliphatic heterocycles. The Labute approximate surface area is 415 Å². The number of nitrogens with zero attached hydrogens (tertiary/aromatic N) is 5. The van der Waals surface area contributed by atoms with Gasteiger partial charge in [0.05, 0.1) is 77.5 Å². The SMILES string of the molecule is COc1cc(N2CCN(CCCOCCOCCOCCOCCOCCCc3cccc4c3CN(C3CCC(=O)NC3=O)C4=O)CC2)ccc1Nc1ncc(Cl)c(Nc2ccccc2P(C)(C)=O)n1. The van der Waals surface area contributed by atoms with Crippen LogP contribution in [-0.2, 0) is 50.8 Å². The van der Waals surface area contributed by atoms with Crippen molar-refractivity contribution >= 4 is 70.6 Å². The van der Waals surface area contributed by atoms with Crippen LogP contribution in [0.3, 0.4) is 0 Å². The van der Waals surface area contributed by atoms with E-state index in [0.29, 0.717) is 124 Å². The molecule has 70 heavy (non-hydrogen) atoms. The Balaban J connectivity index is 0.670. The molecule has 20 heteroatoms. The fourth-order valence-corrected chi connectivity index (χ4v) is 9.94. The largest absolute Gasteiger partial charge is 0.494 e. The maximum Gasteiger partial charge on any atom is 0.255 e. The summed E-state index contributed by atoms with van der Waals surface area (Å²) < 4.78 is 47.1. The molecule has 3 N–H and O–H groups in total. The number of benzene rings is 3. The van der Waals surface area contributed by atoms with Gasteiger partial charge in [-0.1, -0.05) is 35.9 Å². The number of hydrogen-bond donors (Lipinski definition) is 3. The van der Waals surface area contributed by atoms with E-state index in [4.69, 9.17) is 40.0 Å². The fourth-order valence-electron chi connectivity index (χ4n) is 8.64. The van der Waals surface area contributed by atoms with Gasteiger partial charge in [0.25, 0.3) is 5.91 Å². The zero-order valence-electron chi connectivity index (χ0n) is 40.4. The average molecular weight is 1010 g/mol. The van der Waals surface area contributed by atoms with E-state index in [1.165, 1.54) is 6.20 Å². The molecule has 1 atom stereocenters. The number of carbonyl (C=O) groups excluding carboxylic acids is 3. The summed E-state index contributed by atoms with van der Waals surface area (Å²) in [6.07, 6.45) is 4.61. The average Bonchev–Trinajstić information content (AvgIpc) is 3.69. The summed E-state index contributed by atoms with van der Waals surface area (Å²) in [5, 5.41) is 9.91. The number of amides is 3. The van der Waals surface area contributed by atoms with Crippen LogP contribution in [0.2, 0.25) is 5.02 Å². The minimum atomic E-state index is -2.55. The molecule has 4 heterocycles. The van der Waals surface area contributed by atoms with Crippen molar-refractivity contribution in [3.63, 3.8) is 0 Å². The van der Waals surface area contributed by atoms with E-state index in [2.05, 4.69) is 41.8 Å². The zero-order chi connectivity index (χ0) is 49.3. The van der Waals surface area contributed by atoms with Crippen molar-refractivity contribution in [1.82, 2.24) is 25.1 Å². The Hall–Kier alpha value is -5.17. The second-order valence-electron chi connectivity index (χ2n) is 17.6. The van der Waals surface area contributed by atoms with Crippen LogP contribution in [-0.4, -0.2) is 163 Å². The van der Waals surface area contributed by atoms with Crippen molar-refractivity contribution in [1.29, 1.82) is 0 Å². The lowest BCUT2D eigenvalue weighted by Crippen LogP contribution is -2.52. The highest BCUT2D eigenvalue weighted by Gasteiger charge is 2.39. The molecule has 0 bridgehead atoms. The lowest BCUT2D eigenvalue weighted by Gasteiger charge is -2.36. The summed E-state index contributed by atoms with van der Waals surface area (Å²) >= 11 is 6.47. The van der Waals surface area contributed by atoms with Gasteiger partial charge in [-0.2, -0.15) is 4.98 Å². The molecule has 3 amide bonds. The first-order valence-corrected chi connectivity index (χ1v) is 27.0. The van der Waals surface area contributed by atoms with Crippen molar-refractivity contribution in [2.45, 2.75) is 44.7 Å². The summed E-state index contributed by atoms with van der Waals surface area (Å²) in [7, 11) is -0.906. The van der Waals surface area contributed by atoms with Gasteiger partial charge in [-0.05, 0) is 80.5 Å². The molecule has 1 unspecified atom stereocenters. The van der Waals surface area contributed by atoms with Crippen molar-refractivity contribution < 1.29 is 47.4 Å². The van der Waals surface area contributed by atoms with Gasteiger partial charge in [-0.15, -0.1) is 0 Å². The number of fused-ring (bicyclic) bond motifs is 1. The lowest BCUT2D eigenvalue weighted by molar-refractivity contribution is -0.136. The second-order valence-corrected chi connectivity index (χ2v) is 21.2. The quantitative estimate of drug-likeness (QED) is 0.0347. The zero-order valence-corrected chi connectivity index (χ0v) is 42.1. The molecule has 4 aromatic rings. The molecule has 0 radical (unpaired) electrons. The van der Waals surface area contributed by atoms with Gasteiger partial charge in [0, 0.05) is 81.5 Å². The van der Waals surface area contributed by atoms with Gasteiger partial charge in [-0.25, -0.2) is 4.98 Å². The van der Waals surface area contributed by atoms with E-state index >= 15 is 0 Å². The number of carbonyl (C=O) groups is 3. The van der Waals surface area contributed by atoms with Crippen molar-refractivity contribution in [3.8, 4) is 5.75 Å². The molecule has 2 saturated heterocycles. The highest BCUT2D eigenvalue weighted by Crippen LogP contribution is 2.39. The predicted molar refractivity (Wildman–Crippen MR) is 270 cm³/mol. The summed E-state index contributed by atoms with van der Waals surface area (Å²) in [5.41, 5.74) is 5.14. The smallest absolute Gasteiger partial charge is 0.255 e. The molecule has 18 nitrogen and oxygen atoms in total. The molecule has 3 aliphatic rings. The van der Waals surface area contributed by atoms with Gasteiger partial charge in [0.2, 0.25) is 17.8 Å². The van der Waals surface area contributed by atoms with Crippen molar-refractivity contribution in [3.05, 3.63) is 88.6 Å². The van der Waals surface area contributed by atoms with E-state index in [0.717, 1.165) is 68.8 Å². The van der Waals surface area contributed by atoms with Crippen LogP contribution in [0.15, 0.2) is 66.9 Å². The van der Waals surface area contributed by atoms with E-state index in [1.807, 2.05) is 48.5 Å². The van der Waals surface area contributed by atoms with Crippen LogP contribution in [0, 0.1) is 0 Å². The summed E-state index contributed by atoms with van der Waals surface area (Å²) in [6.45, 7) is 13.7. The first-order valence-electron chi connectivity index (χ1n) is 24.0. The number of halogens is 1. The summed E-state index contributed by atoms with van der Waals surface area (Å²) in [4.78, 5) is 52.4. The first-order chi connectivity index (χ1) is 34.0. The Morgan fingerprint density at radius 3 is 2.13 bits per heavy atom. The number of piperazine rings is 1. The number of para-hydroxylation sites is 1. The predicted octanol–water partition coefficient (Wildman–Crippen LogP) is 5.86. The highest BCUT2D eigenvalue weighted by atomic mass is 35.5. The topological polar surface area (TPSA) is 195 Å². The third kappa shape index (κ3) is 14.9. The molecule has 1 aromatic heterocycles. The number of nitrogens with one attached hydrogen (secondary N) is 3. The molecule has 3 aromatic carbocycles. The number of anilines is 5. The summed E-state index contributed by atoms with van der Waals surface area (Å²) in [5.74, 6) is 0.549. The number of imide groups is 1. The minimum Gasteiger partial charge on any atom is -0.494 e. The molecule has 0 spiro atoms. The Bertz CT molecular complexity index is 2440. The van der Waals surface area contributed by atoms with E-state index in [9.17, 15) is 18.9 Å². The van der Waals surface area contributed by atoms with E-state index < -0.39 is 19.1 Å². The molecule has 378 valence electrons. The van der Waals surface area contributed by atoms with Crippen LogP contribution >= 0.6 is 18.7 Å². The number of rotatable bonds is 28. The Morgan fingerprint density at radius 1 is 0.786 bits per heavy atom. The first kappa shape index (κ1) is 52.6. The van der Waals surface area contributed by atoms with Crippen molar-refractivity contribution in [2.24, 2.45) is 0 Å². The van der Waals surface area contributed by atoms with Crippen LogP contribution < -0.4 is 30.9 Å². The molecule has 2 fully saturated rings. The fraction of sp³-hybridized carbons (Fsp3) is 0.500. The standard InChI is InChI=1S/C50H66ClN8O10P/c1-64-44-33-37(14-15-41(44)54-50-52-34-40(51)47(56-50)53-42-12-4-5-13-45(42)70(2,3)63)58-21-19-57(20-22-58)18-8-24-66-26-28-68-30-32-69-31-29-67-27-25-65-23-7-10-36-9-6-11-38-39(36)35-59(49(38)62)43-16-17-46(60)55-48(43)61/h4-6,9,11-15,33-34,43H,7-8,10,16-32,35H2,1-3H3,(H,55,60,61)(H2,52,53,54,56).